The molecule has 1 fully saturated rings. The van der Waals surface area contributed by atoms with E-state index in [0.29, 0.717) is 13.1 Å². The van der Waals surface area contributed by atoms with Gasteiger partial charge in [-0.2, -0.15) is 0 Å². The normalized spacial score (nSPS) is 13.7. The highest BCUT2D eigenvalue weighted by atomic mass is 32.2. The Bertz CT molecular complexity index is 1020. The van der Waals surface area contributed by atoms with Crippen molar-refractivity contribution in [3.05, 3.63) is 59.7 Å². The van der Waals surface area contributed by atoms with Crippen molar-refractivity contribution < 1.29 is 18.0 Å². The van der Waals surface area contributed by atoms with Crippen LogP contribution in [0.3, 0.4) is 0 Å². The second-order valence-electron chi connectivity index (χ2n) is 8.17. The molecule has 2 aromatic rings. The van der Waals surface area contributed by atoms with Crippen LogP contribution >= 0.6 is 0 Å². The number of amides is 2. The van der Waals surface area contributed by atoms with Gasteiger partial charge in [-0.3, -0.25) is 9.59 Å². The van der Waals surface area contributed by atoms with Crippen LogP contribution in [0, 0.1) is 13.8 Å². The van der Waals surface area contributed by atoms with Gasteiger partial charge in [-0.05, 0) is 49.2 Å². The van der Waals surface area contributed by atoms with Gasteiger partial charge < -0.3 is 14.7 Å². The molecule has 1 saturated heterocycles. The topological polar surface area (TPSA) is 90.0 Å². The van der Waals surface area contributed by atoms with Gasteiger partial charge in [0.25, 0.3) is 0 Å². The van der Waals surface area contributed by atoms with E-state index in [1.165, 1.54) is 4.90 Å². The van der Waals surface area contributed by atoms with Gasteiger partial charge in [0.05, 0.1) is 4.90 Å². The Morgan fingerprint density at radius 3 is 2.15 bits per heavy atom. The molecule has 1 N–H and O–H groups in total. The molecule has 1 aliphatic heterocycles. The van der Waals surface area contributed by atoms with Crippen LogP contribution in [0.1, 0.15) is 17.5 Å². The van der Waals surface area contributed by atoms with E-state index in [2.05, 4.69) is 21.8 Å². The quantitative estimate of drug-likeness (QED) is 0.620. The van der Waals surface area contributed by atoms with E-state index in [4.69, 9.17) is 0 Å². The average Bonchev–Trinajstić information content (AvgIpc) is 2.81. The summed E-state index contributed by atoms with van der Waals surface area (Å²) in [6.45, 7) is 6.79. The lowest BCUT2D eigenvalue weighted by Crippen LogP contribution is -2.49. The number of sulfonamides is 1. The number of hydrogen-bond acceptors (Lipinski definition) is 5. The first-order valence-corrected chi connectivity index (χ1v) is 12.4. The van der Waals surface area contributed by atoms with Gasteiger partial charge in [0, 0.05) is 58.9 Å². The second kappa shape index (κ2) is 12.4. The standard InChI is InChI=1S/C21H27N3O3S.C3H7NO/c1-17-8-9-20(16-18(17)2)28(26,27)22-11-10-21(25)24-14-12-23(13-15-24)19-6-4-3-5-7-19;1-4(2)3-5/h3-9,16,22H,10-15H2,1-2H3;3H,1-2H3. The Labute approximate surface area is 197 Å². The maximum atomic E-state index is 12.4. The third-order valence-corrected chi connectivity index (χ3v) is 6.84. The monoisotopic (exact) mass is 474 g/mol. The van der Waals surface area contributed by atoms with Crippen LogP contribution in [0.15, 0.2) is 53.4 Å². The lowest BCUT2D eigenvalue weighted by atomic mass is 10.1. The summed E-state index contributed by atoms with van der Waals surface area (Å²) >= 11 is 0. The number of piperazine rings is 1. The third kappa shape index (κ3) is 8.18. The second-order valence-corrected chi connectivity index (χ2v) is 9.93. The lowest BCUT2D eigenvalue weighted by molar-refractivity contribution is -0.131. The molecule has 1 heterocycles. The van der Waals surface area contributed by atoms with Crippen LogP contribution in [-0.2, 0) is 19.6 Å². The predicted octanol–water partition coefficient (Wildman–Crippen LogP) is 2.03. The molecule has 0 unspecified atom stereocenters. The first-order chi connectivity index (χ1) is 15.6. The number of hydrogen-bond donors (Lipinski definition) is 1. The van der Waals surface area contributed by atoms with E-state index < -0.39 is 10.0 Å². The maximum absolute atomic E-state index is 12.4. The molecule has 0 atom stereocenters. The number of anilines is 1. The number of aryl methyl sites for hydroxylation is 2. The van der Waals surface area contributed by atoms with E-state index in [-0.39, 0.29) is 23.8 Å². The number of benzene rings is 2. The van der Waals surface area contributed by atoms with Crippen LogP contribution in [0.5, 0.6) is 0 Å². The zero-order valence-corrected chi connectivity index (χ0v) is 20.6. The number of nitrogens with zero attached hydrogens (tertiary/aromatic N) is 3. The molecule has 180 valence electrons. The first-order valence-electron chi connectivity index (χ1n) is 10.9. The largest absolute Gasteiger partial charge is 0.368 e. The molecule has 3 rings (SSSR count). The van der Waals surface area contributed by atoms with Crippen LogP contribution in [-0.4, -0.2) is 77.4 Å². The molecule has 0 aliphatic carbocycles. The number of para-hydroxylation sites is 1. The first kappa shape index (κ1) is 26.3. The molecule has 0 spiro atoms. The van der Waals surface area contributed by atoms with Crippen LogP contribution in [0.4, 0.5) is 5.69 Å². The summed E-state index contributed by atoms with van der Waals surface area (Å²) in [5.41, 5.74) is 3.13. The zero-order valence-electron chi connectivity index (χ0n) is 19.8. The highest BCUT2D eigenvalue weighted by Crippen LogP contribution is 2.16. The maximum Gasteiger partial charge on any atom is 0.240 e. The fourth-order valence-corrected chi connectivity index (χ4v) is 4.38. The van der Waals surface area contributed by atoms with Crippen molar-refractivity contribution in [3.8, 4) is 0 Å². The van der Waals surface area contributed by atoms with Crippen molar-refractivity contribution in [2.45, 2.75) is 25.2 Å². The van der Waals surface area contributed by atoms with Crippen LogP contribution < -0.4 is 9.62 Å². The fraction of sp³-hybridized carbons (Fsp3) is 0.417. The third-order valence-electron chi connectivity index (χ3n) is 5.38. The molecular formula is C24H34N4O4S. The minimum Gasteiger partial charge on any atom is -0.368 e. The van der Waals surface area contributed by atoms with E-state index in [1.807, 2.05) is 36.9 Å². The predicted molar refractivity (Wildman–Crippen MR) is 131 cm³/mol. The Hall–Kier alpha value is -2.91. The van der Waals surface area contributed by atoms with Crippen LogP contribution in [0.25, 0.3) is 0 Å². The average molecular weight is 475 g/mol. The van der Waals surface area contributed by atoms with Gasteiger partial charge in [0.2, 0.25) is 22.3 Å². The number of carbonyl (C=O) groups is 2. The lowest BCUT2D eigenvalue weighted by Gasteiger charge is -2.36. The fourth-order valence-electron chi connectivity index (χ4n) is 3.27. The SMILES string of the molecule is CN(C)C=O.Cc1ccc(S(=O)(=O)NCCC(=O)N2CCN(c3ccccc3)CC2)cc1C. The van der Waals surface area contributed by atoms with Gasteiger partial charge in [0.15, 0.2) is 0 Å². The summed E-state index contributed by atoms with van der Waals surface area (Å²) < 4.78 is 27.4. The molecule has 2 amide bonds. The molecule has 9 heteroatoms. The smallest absolute Gasteiger partial charge is 0.240 e. The van der Waals surface area contributed by atoms with E-state index >= 15 is 0 Å². The summed E-state index contributed by atoms with van der Waals surface area (Å²) in [4.78, 5) is 27.6. The Morgan fingerprint density at radius 2 is 1.61 bits per heavy atom. The van der Waals surface area contributed by atoms with Crippen LogP contribution in [0.2, 0.25) is 0 Å². The molecule has 0 aromatic heterocycles. The van der Waals surface area contributed by atoms with Crippen molar-refractivity contribution in [1.29, 1.82) is 0 Å². The Kier molecular flexibility index (Phi) is 9.87. The minimum atomic E-state index is -3.60. The zero-order chi connectivity index (χ0) is 24.4. The van der Waals surface area contributed by atoms with E-state index in [1.54, 1.807) is 32.3 Å². The van der Waals surface area contributed by atoms with Crippen molar-refractivity contribution in [1.82, 2.24) is 14.5 Å². The van der Waals surface area contributed by atoms with Gasteiger partial charge in [-0.25, -0.2) is 13.1 Å². The Morgan fingerprint density at radius 1 is 1.00 bits per heavy atom. The van der Waals surface area contributed by atoms with Crippen molar-refractivity contribution in [2.24, 2.45) is 0 Å². The van der Waals surface area contributed by atoms with Crippen molar-refractivity contribution in [2.75, 3.05) is 51.7 Å². The highest BCUT2D eigenvalue weighted by molar-refractivity contribution is 7.89. The van der Waals surface area contributed by atoms with E-state index in [9.17, 15) is 18.0 Å². The summed E-state index contributed by atoms with van der Waals surface area (Å²) in [6, 6.07) is 15.2. The molecule has 1 aliphatic rings. The van der Waals surface area contributed by atoms with Gasteiger partial charge >= 0.3 is 0 Å². The van der Waals surface area contributed by atoms with Gasteiger partial charge in [-0.15, -0.1) is 0 Å². The van der Waals surface area contributed by atoms with E-state index in [0.717, 1.165) is 36.3 Å². The highest BCUT2D eigenvalue weighted by Gasteiger charge is 2.22. The molecule has 33 heavy (non-hydrogen) atoms. The van der Waals surface area contributed by atoms with Crippen molar-refractivity contribution >= 4 is 28.0 Å². The van der Waals surface area contributed by atoms with Crippen molar-refractivity contribution in [3.63, 3.8) is 0 Å². The summed E-state index contributed by atoms with van der Waals surface area (Å²) in [5.74, 6) is -0.0181. The summed E-state index contributed by atoms with van der Waals surface area (Å²) in [7, 11) is -0.225. The van der Waals surface area contributed by atoms with Gasteiger partial charge in [0.1, 0.15) is 0 Å². The minimum absolute atomic E-state index is 0.0181. The number of rotatable bonds is 7. The number of nitrogens with one attached hydrogen (secondary N) is 1. The molecule has 0 radical (unpaired) electrons. The molecule has 0 bridgehead atoms. The summed E-state index contributed by atoms with van der Waals surface area (Å²) in [5, 5.41) is 0. The summed E-state index contributed by atoms with van der Waals surface area (Å²) in [6.07, 6.45) is 0.912. The molecular weight excluding hydrogens is 440 g/mol. The molecule has 0 saturated carbocycles. The number of carbonyl (C=O) groups excluding carboxylic acids is 2. The Balaban J connectivity index is 0.000000696. The van der Waals surface area contributed by atoms with Gasteiger partial charge in [-0.1, -0.05) is 24.3 Å². The molecule has 2 aromatic carbocycles. The molecule has 8 nitrogen and oxygen atoms in total.